The van der Waals surface area contributed by atoms with Gasteiger partial charge in [0.05, 0.1) is 7.11 Å². The zero-order chi connectivity index (χ0) is 10.6. The van der Waals surface area contributed by atoms with Crippen molar-refractivity contribution < 1.29 is 19.4 Å². The molecule has 5 heteroatoms. The Balaban J connectivity index is 3.03. The van der Waals surface area contributed by atoms with Gasteiger partial charge in [-0.1, -0.05) is 0 Å². The van der Waals surface area contributed by atoms with E-state index >= 15 is 0 Å². The molecule has 0 unspecified atom stereocenters. The molecular formula is C9H11NO4. The topological polar surface area (TPSA) is 68.7 Å². The molecule has 0 fully saturated rings. The highest BCUT2D eigenvalue weighted by Gasteiger charge is 2.15. The van der Waals surface area contributed by atoms with Crippen LogP contribution in [0.15, 0.2) is 12.3 Å². The Hall–Kier alpha value is -1.62. The largest absolute Gasteiger partial charge is 0.503 e. The van der Waals surface area contributed by atoms with E-state index in [2.05, 4.69) is 9.72 Å². The van der Waals surface area contributed by atoms with Gasteiger partial charge in [-0.25, -0.2) is 4.98 Å². The Morgan fingerprint density at radius 1 is 1.57 bits per heavy atom. The van der Waals surface area contributed by atoms with E-state index < -0.39 is 0 Å². The zero-order valence-electron chi connectivity index (χ0n) is 7.98. The van der Waals surface area contributed by atoms with Crippen LogP contribution in [0.25, 0.3) is 0 Å². The Kier molecular flexibility index (Phi) is 3.41. The summed E-state index contributed by atoms with van der Waals surface area (Å²) >= 11 is 0. The van der Waals surface area contributed by atoms with Crippen molar-refractivity contribution >= 4 is 5.78 Å². The van der Waals surface area contributed by atoms with Crippen LogP contribution in [0, 0.1) is 0 Å². The molecule has 0 aromatic carbocycles. The molecule has 0 saturated heterocycles. The van der Waals surface area contributed by atoms with Crippen LogP contribution in [0.4, 0.5) is 0 Å². The molecule has 0 atom stereocenters. The number of Topliss-reactive ketones (excluding diaryl/α,β-unsaturated/α-hetero) is 1. The number of rotatable bonds is 4. The third kappa shape index (κ3) is 2.00. The van der Waals surface area contributed by atoms with Crippen LogP contribution in [-0.4, -0.2) is 36.7 Å². The van der Waals surface area contributed by atoms with E-state index in [1.165, 1.54) is 26.5 Å². The van der Waals surface area contributed by atoms with Crippen molar-refractivity contribution in [2.75, 3.05) is 20.8 Å². The first-order valence-electron chi connectivity index (χ1n) is 3.94. The predicted octanol–water partition coefficient (Wildman–Crippen LogP) is 0.625. The number of hydrogen-bond donors (Lipinski definition) is 1. The van der Waals surface area contributed by atoms with Crippen LogP contribution in [-0.2, 0) is 4.74 Å². The van der Waals surface area contributed by atoms with Crippen molar-refractivity contribution in [2.45, 2.75) is 0 Å². The van der Waals surface area contributed by atoms with Crippen LogP contribution < -0.4 is 4.74 Å². The van der Waals surface area contributed by atoms with Gasteiger partial charge in [0.25, 0.3) is 0 Å². The molecule has 0 saturated carbocycles. The van der Waals surface area contributed by atoms with Crippen LogP contribution in [0.1, 0.15) is 10.5 Å². The lowest BCUT2D eigenvalue weighted by atomic mass is 10.2. The summed E-state index contributed by atoms with van der Waals surface area (Å²) in [7, 11) is 2.80. The number of hydrogen-bond acceptors (Lipinski definition) is 5. The van der Waals surface area contributed by atoms with Crippen LogP contribution >= 0.6 is 0 Å². The van der Waals surface area contributed by atoms with Crippen LogP contribution in [0.5, 0.6) is 11.5 Å². The fourth-order valence-corrected chi connectivity index (χ4v) is 1.00. The van der Waals surface area contributed by atoms with Gasteiger partial charge in [0.1, 0.15) is 6.61 Å². The monoisotopic (exact) mass is 197 g/mol. The maximum Gasteiger partial charge on any atom is 0.210 e. The fraction of sp³-hybridized carbons (Fsp3) is 0.333. The van der Waals surface area contributed by atoms with E-state index in [4.69, 9.17) is 4.74 Å². The zero-order valence-corrected chi connectivity index (χ0v) is 7.98. The Bertz CT molecular complexity index is 338. The summed E-state index contributed by atoms with van der Waals surface area (Å²) in [4.78, 5) is 15.1. The lowest BCUT2D eigenvalue weighted by Crippen LogP contribution is -2.09. The average Bonchev–Trinajstić information content (AvgIpc) is 2.18. The summed E-state index contributed by atoms with van der Waals surface area (Å²) in [5.41, 5.74) is -0.0359. The summed E-state index contributed by atoms with van der Waals surface area (Å²) < 4.78 is 9.48. The molecule has 0 amide bonds. The molecule has 0 aliphatic heterocycles. The summed E-state index contributed by atoms with van der Waals surface area (Å²) in [5.74, 6) is -0.416. The summed E-state index contributed by atoms with van der Waals surface area (Å²) in [6, 6.07) is 1.47. The molecule has 1 aromatic heterocycles. The minimum absolute atomic E-state index is 0.0359. The van der Waals surface area contributed by atoms with Gasteiger partial charge in [-0.2, -0.15) is 0 Å². The van der Waals surface area contributed by atoms with Gasteiger partial charge in [-0.3, -0.25) is 4.79 Å². The highest BCUT2D eigenvalue weighted by molar-refractivity contribution is 5.98. The molecule has 1 aromatic rings. The number of aromatic hydroxyl groups is 1. The molecule has 1 N–H and O–H groups in total. The Labute approximate surface area is 81.3 Å². The molecule has 76 valence electrons. The number of methoxy groups -OCH3 is 2. The first-order chi connectivity index (χ1) is 6.70. The minimum atomic E-state index is -0.385. The minimum Gasteiger partial charge on any atom is -0.503 e. The number of pyridine rings is 1. The quantitative estimate of drug-likeness (QED) is 0.717. The average molecular weight is 197 g/mol. The van der Waals surface area contributed by atoms with E-state index in [-0.39, 0.29) is 29.6 Å². The number of nitrogens with zero attached hydrogens (tertiary/aromatic N) is 1. The molecule has 0 aliphatic carbocycles. The molecule has 1 heterocycles. The molecule has 0 radical (unpaired) electrons. The number of carbonyl (C=O) groups excluding carboxylic acids is 1. The molecule has 5 nitrogen and oxygen atoms in total. The van der Waals surface area contributed by atoms with Crippen molar-refractivity contribution in [1.29, 1.82) is 0 Å². The first-order valence-corrected chi connectivity index (χ1v) is 3.94. The van der Waals surface area contributed by atoms with E-state index in [0.717, 1.165) is 0 Å². The molecule has 14 heavy (non-hydrogen) atoms. The van der Waals surface area contributed by atoms with Crippen molar-refractivity contribution in [3.05, 3.63) is 18.0 Å². The molecule has 0 aliphatic rings. The van der Waals surface area contributed by atoms with Crippen LogP contribution in [0.2, 0.25) is 0 Å². The maximum atomic E-state index is 11.3. The SMILES string of the molecule is COCC(=O)c1nccc(OC)c1O. The molecule has 0 bridgehead atoms. The van der Waals surface area contributed by atoms with Gasteiger partial charge >= 0.3 is 0 Å². The second kappa shape index (κ2) is 4.57. The summed E-state index contributed by atoms with van der Waals surface area (Å²) in [5, 5.41) is 9.52. The Morgan fingerprint density at radius 3 is 2.86 bits per heavy atom. The van der Waals surface area contributed by atoms with Gasteiger partial charge in [0, 0.05) is 19.4 Å². The second-order valence-electron chi connectivity index (χ2n) is 2.57. The summed E-state index contributed by atoms with van der Waals surface area (Å²) in [6.07, 6.45) is 1.39. The first kappa shape index (κ1) is 10.5. The number of ether oxygens (including phenoxy) is 2. The molecular weight excluding hydrogens is 186 g/mol. The Morgan fingerprint density at radius 2 is 2.29 bits per heavy atom. The number of ketones is 1. The summed E-state index contributed by atoms with van der Waals surface area (Å²) in [6.45, 7) is -0.117. The smallest absolute Gasteiger partial charge is 0.210 e. The highest BCUT2D eigenvalue weighted by Crippen LogP contribution is 2.27. The van der Waals surface area contributed by atoms with E-state index in [1.807, 2.05) is 0 Å². The van der Waals surface area contributed by atoms with Crippen molar-refractivity contribution in [2.24, 2.45) is 0 Å². The maximum absolute atomic E-state index is 11.3. The lowest BCUT2D eigenvalue weighted by molar-refractivity contribution is 0.0839. The van der Waals surface area contributed by atoms with Gasteiger partial charge in [0.2, 0.25) is 5.78 Å². The van der Waals surface area contributed by atoms with Crippen molar-refractivity contribution in [1.82, 2.24) is 4.98 Å². The lowest BCUT2D eigenvalue weighted by Gasteiger charge is -2.05. The molecule has 1 rings (SSSR count). The standard InChI is InChI=1S/C9H11NO4/c1-13-5-6(11)8-9(12)7(14-2)3-4-10-8/h3-4,12H,5H2,1-2H3. The van der Waals surface area contributed by atoms with E-state index in [1.54, 1.807) is 0 Å². The van der Waals surface area contributed by atoms with Gasteiger partial charge in [0.15, 0.2) is 17.2 Å². The van der Waals surface area contributed by atoms with Crippen molar-refractivity contribution in [3.63, 3.8) is 0 Å². The van der Waals surface area contributed by atoms with Crippen molar-refractivity contribution in [3.8, 4) is 11.5 Å². The van der Waals surface area contributed by atoms with Crippen LogP contribution in [0.3, 0.4) is 0 Å². The van der Waals surface area contributed by atoms with Gasteiger partial charge in [-0.15, -0.1) is 0 Å². The number of carbonyl (C=O) groups is 1. The third-order valence-corrected chi connectivity index (χ3v) is 1.65. The normalized spacial score (nSPS) is 9.86. The van der Waals surface area contributed by atoms with E-state index in [9.17, 15) is 9.90 Å². The fourth-order valence-electron chi connectivity index (χ4n) is 1.00. The van der Waals surface area contributed by atoms with Gasteiger partial charge < -0.3 is 14.6 Å². The number of aromatic nitrogens is 1. The third-order valence-electron chi connectivity index (χ3n) is 1.65. The van der Waals surface area contributed by atoms with Gasteiger partial charge in [-0.05, 0) is 0 Å². The predicted molar refractivity (Wildman–Crippen MR) is 48.7 cm³/mol. The van der Waals surface area contributed by atoms with E-state index in [0.29, 0.717) is 0 Å². The second-order valence-corrected chi connectivity index (χ2v) is 2.57. The highest BCUT2D eigenvalue weighted by atomic mass is 16.5. The molecule has 0 spiro atoms.